The van der Waals surface area contributed by atoms with Gasteiger partial charge in [-0.2, -0.15) is 11.8 Å². The molecule has 0 saturated carbocycles. The molecule has 1 aliphatic rings. The number of rotatable bonds is 3. The fraction of sp³-hybridized carbons (Fsp3) is 0.455. The summed E-state index contributed by atoms with van der Waals surface area (Å²) in [7, 11) is 0. The Hall–Kier alpha value is -0.670. The third-order valence-corrected chi connectivity index (χ3v) is 3.40. The zero-order valence-electron chi connectivity index (χ0n) is 7.98. The van der Waals surface area contributed by atoms with Gasteiger partial charge in [0.15, 0.2) is 0 Å². The summed E-state index contributed by atoms with van der Waals surface area (Å²) < 4.78 is 5.79. The van der Waals surface area contributed by atoms with Gasteiger partial charge in [-0.1, -0.05) is 12.1 Å². The number of ether oxygens (including phenoxy) is 1. The zero-order valence-corrected chi connectivity index (χ0v) is 8.80. The minimum absolute atomic E-state index is 0.0800. The highest BCUT2D eigenvalue weighted by atomic mass is 32.2. The van der Waals surface area contributed by atoms with Gasteiger partial charge >= 0.3 is 0 Å². The SMILES string of the molecule is OCc1cccc(OC2CCSC2)c1. The molecule has 0 bridgehead atoms. The molecule has 1 unspecified atom stereocenters. The van der Waals surface area contributed by atoms with Crippen LogP contribution in [-0.4, -0.2) is 22.7 Å². The summed E-state index contributed by atoms with van der Waals surface area (Å²) in [5.74, 6) is 3.16. The van der Waals surface area contributed by atoms with Gasteiger partial charge in [0.1, 0.15) is 11.9 Å². The van der Waals surface area contributed by atoms with E-state index in [1.807, 2.05) is 36.0 Å². The molecule has 14 heavy (non-hydrogen) atoms. The molecular formula is C11H14O2S. The Morgan fingerprint density at radius 1 is 1.50 bits per heavy atom. The fourth-order valence-electron chi connectivity index (χ4n) is 1.52. The predicted molar refractivity (Wildman–Crippen MR) is 58.7 cm³/mol. The van der Waals surface area contributed by atoms with Crippen LogP contribution in [0, 0.1) is 0 Å². The average molecular weight is 210 g/mol. The van der Waals surface area contributed by atoms with Crippen LogP contribution in [0.15, 0.2) is 24.3 Å². The molecule has 1 aliphatic heterocycles. The second kappa shape index (κ2) is 4.71. The van der Waals surface area contributed by atoms with Crippen molar-refractivity contribution in [3.8, 4) is 5.75 Å². The summed E-state index contributed by atoms with van der Waals surface area (Å²) in [5.41, 5.74) is 0.910. The Bertz CT molecular complexity index is 295. The van der Waals surface area contributed by atoms with E-state index in [2.05, 4.69) is 0 Å². The van der Waals surface area contributed by atoms with Crippen LogP contribution in [0.4, 0.5) is 0 Å². The van der Waals surface area contributed by atoms with Gasteiger partial charge in [0.05, 0.1) is 6.61 Å². The van der Waals surface area contributed by atoms with Crippen LogP contribution in [0.3, 0.4) is 0 Å². The van der Waals surface area contributed by atoms with E-state index in [0.717, 1.165) is 23.5 Å². The number of hydrogen-bond donors (Lipinski definition) is 1. The van der Waals surface area contributed by atoms with Crippen LogP contribution in [-0.2, 0) is 6.61 Å². The first-order chi connectivity index (χ1) is 6.88. The lowest BCUT2D eigenvalue weighted by molar-refractivity contribution is 0.228. The minimum atomic E-state index is 0.0800. The smallest absolute Gasteiger partial charge is 0.120 e. The van der Waals surface area contributed by atoms with Crippen molar-refractivity contribution >= 4 is 11.8 Å². The molecule has 2 rings (SSSR count). The first-order valence-electron chi connectivity index (χ1n) is 4.82. The first-order valence-corrected chi connectivity index (χ1v) is 5.98. The molecule has 0 aromatic heterocycles. The molecule has 0 spiro atoms. The summed E-state index contributed by atoms with van der Waals surface area (Å²) in [5, 5.41) is 8.96. The number of aliphatic hydroxyl groups is 1. The summed E-state index contributed by atoms with van der Waals surface area (Å²) in [6, 6.07) is 7.67. The van der Waals surface area contributed by atoms with Crippen molar-refractivity contribution in [2.75, 3.05) is 11.5 Å². The van der Waals surface area contributed by atoms with Crippen molar-refractivity contribution < 1.29 is 9.84 Å². The lowest BCUT2D eigenvalue weighted by Gasteiger charge is -2.12. The van der Waals surface area contributed by atoms with E-state index >= 15 is 0 Å². The molecule has 0 radical (unpaired) electrons. The molecule has 2 nitrogen and oxygen atoms in total. The number of benzene rings is 1. The normalized spacial score (nSPS) is 21.1. The molecule has 1 atom stereocenters. The number of aliphatic hydroxyl groups excluding tert-OH is 1. The van der Waals surface area contributed by atoms with Crippen LogP contribution in [0.5, 0.6) is 5.75 Å². The van der Waals surface area contributed by atoms with Gasteiger partial charge in [-0.05, 0) is 29.9 Å². The average Bonchev–Trinajstić information content (AvgIpc) is 2.71. The van der Waals surface area contributed by atoms with E-state index in [4.69, 9.17) is 9.84 Å². The van der Waals surface area contributed by atoms with Crippen LogP contribution in [0.25, 0.3) is 0 Å². The van der Waals surface area contributed by atoms with Gasteiger partial charge in [-0.15, -0.1) is 0 Å². The molecular weight excluding hydrogens is 196 g/mol. The zero-order chi connectivity index (χ0) is 9.80. The van der Waals surface area contributed by atoms with Crippen molar-refractivity contribution in [3.63, 3.8) is 0 Å². The van der Waals surface area contributed by atoms with Crippen LogP contribution >= 0.6 is 11.8 Å². The topological polar surface area (TPSA) is 29.5 Å². The monoisotopic (exact) mass is 210 g/mol. The van der Waals surface area contributed by atoms with Gasteiger partial charge in [-0.3, -0.25) is 0 Å². The van der Waals surface area contributed by atoms with E-state index < -0.39 is 0 Å². The van der Waals surface area contributed by atoms with E-state index in [-0.39, 0.29) is 6.61 Å². The molecule has 3 heteroatoms. The van der Waals surface area contributed by atoms with Crippen LogP contribution in [0.1, 0.15) is 12.0 Å². The largest absolute Gasteiger partial charge is 0.490 e. The molecule has 0 amide bonds. The third kappa shape index (κ3) is 2.42. The highest BCUT2D eigenvalue weighted by Gasteiger charge is 2.16. The molecule has 1 N–H and O–H groups in total. The Kier molecular flexibility index (Phi) is 3.32. The molecule has 1 saturated heterocycles. The number of hydrogen-bond acceptors (Lipinski definition) is 3. The minimum Gasteiger partial charge on any atom is -0.490 e. The lowest BCUT2D eigenvalue weighted by Crippen LogP contribution is -2.14. The van der Waals surface area contributed by atoms with Crippen molar-refractivity contribution in [2.45, 2.75) is 19.1 Å². The summed E-state index contributed by atoms with van der Waals surface area (Å²) >= 11 is 1.94. The van der Waals surface area contributed by atoms with Gasteiger partial charge in [0, 0.05) is 5.75 Å². The maximum atomic E-state index is 8.96. The van der Waals surface area contributed by atoms with E-state index in [1.165, 1.54) is 5.75 Å². The van der Waals surface area contributed by atoms with E-state index in [1.54, 1.807) is 0 Å². The Morgan fingerprint density at radius 2 is 2.43 bits per heavy atom. The van der Waals surface area contributed by atoms with Gasteiger partial charge in [0.25, 0.3) is 0 Å². The van der Waals surface area contributed by atoms with Crippen molar-refractivity contribution in [2.24, 2.45) is 0 Å². The molecule has 76 valence electrons. The van der Waals surface area contributed by atoms with Crippen LogP contribution < -0.4 is 4.74 Å². The predicted octanol–water partition coefficient (Wildman–Crippen LogP) is 2.06. The van der Waals surface area contributed by atoms with Gasteiger partial charge in [-0.25, -0.2) is 0 Å². The van der Waals surface area contributed by atoms with E-state index in [9.17, 15) is 0 Å². The molecule has 1 aromatic carbocycles. The summed E-state index contributed by atoms with van der Waals surface area (Å²) in [6.07, 6.45) is 1.49. The second-order valence-electron chi connectivity index (χ2n) is 3.41. The fourth-order valence-corrected chi connectivity index (χ4v) is 2.61. The quantitative estimate of drug-likeness (QED) is 0.828. The highest BCUT2D eigenvalue weighted by molar-refractivity contribution is 7.99. The van der Waals surface area contributed by atoms with Crippen LogP contribution in [0.2, 0.25) is 0 Å². The van der Waals surface area contributed by atoms with Crippen molar-refractivity contribution in [1.29, 1.82) is 0 Å². The standard InChI is InChI=1S/C11H14O2S/c12-7-9-2-1-3-10(6-9)13-11-4-5-14-8-11/h1-3,6,11-12H,4-5,7-8H2. The first kappa shape index (κ1) is 9.87. The number of thioether (sulfide) groups is 1. The Labute approximate surface area is 88.3 Å². The van der Waals surface area contributed by atoms with E-state index in [0.29, 0.717) is 6.10 Å². The molecule has 1 fully saturated rings. The third-order valence-electron chi connectivity index (χ3n) is 2.27. The maximum Gasteiger partial charge on any atom is 0.120 e. The van der Waals surface area contributed by atoms with Gasteiger partial charge < -0.3 is 9.84 Å². The highest BCUT2D eigenvalue weighted by Crippen LogP contribution is 2.23. The Balaban J connectivity index is 2.00. The Morgan fingerprint density at radius 3 is 3.14 bits per heavy atom. The maximum absolute atomic E-state index is 8.96. The summed E-state index contributed by atoms with van der Waals surface area (Å²) in [4.78, 5) is 0. The molecule has 1 heterocycles. The second-order valence-corrected chi connectivity index (χ2v) is 4.56. The molecule has 0 aliphatic carbocycles. The lowest BCUT2D eigenvalue weighted by atomic mass is 10.2. The summed E-state index contributed by atoms with van der Waals surface area (Å²) in [6.45, 7) is 0.0800. The van der Waals surface area contributed by atoms with Crippen molar-refractivity contribution in [1.82, 2.24) is 0 Å². The van der Waals surface area contributed by atoms with Gasteiger partial charge in [0.2, 0.25) is 0 Å². The van der Waals surface area contributed by atoms with Crippen molar-refractivity contribution in [3.05, 3.63) is 29.8 Å². The molecule has 1 aromatic rings.